The Morgan fingerprint density at radius 2 is 1.05 bits per heavy atom. The van der Waals surface area contributed by atoms with Crippen LogP contribution in [0.2, 0.25) is 0 Å². The van der Waals surface area contributed by atoms with E-state index in [1.54, 1.807) is 60.7 Å². The zero-order chi connectivity index (χ0) is 46.1. The number of alkyl halides is 6. The van der Waals surface area contributed by atoms with Crippen molar-refractivity contribution in [1.82, 2.24) is 9.13 Å². The Labute approximate surface area is 351 Å². The Bertz CT molecular complexity index is 2830. The molecule has 2 aromatic heterocycles. The van der Waals surface area contributed by atoms with Crippen molar-refractivity contribution in [2.75, 3.05) is 25.7 Å². The van der Waals surface area contributed by atoms with Crippen molar-refractivity contribution in [3.05, 3.63) is 132 Å². The van der Waals surface area contributed by atoms with Gasteiger partial charge in [-0.1, -0.05) is 72.8 Å². The number of carboxylic acids is 1. The summed E-state index contributed by atoms with van der Waals surface area (Å²) in [5, 5.41) is 20.1. The summed E-state index contributed by atoms with van der Waals surface area (Å²) < 4.78 is 144. The van der Waals surface area contributed by atoms with E-state index < -0.39 is 72.9 Å². The summed E-state index contributed by atoms with van der Waals surface area (Å²) in [5.41, 5.74) is -7.14. The molecule has 0 spiro atoms. The van der Waals surface area contributed by atoms with Crippen LogP contribution in [0.25, 0.3) is 21.8 Å². The molecule has 12 nitrogen and oxygen atoms in total. The lowest BCUT2D eigenvalue weighted by Gasteiger charge is -2.31. The minimum Gasteiger partial charge on any atom is -0.479 e. The molecule has 0 saturated carbocycles. The number of halogens is 6. The van der Waals surface area contributed by atoms with E-state index in [9.17, 15) is 63.0 Å². The predicted molar refractivity (Wildman–Crippen MR) is 215 cm³/mol. The molecule has 4 aromatic carbocycles. The van der Waals surface area contributed by atoms with Crippen molar-refractivity contribution in [1.29, 1.82) is 0 Å². The van der Waals surface area contributed by atoms with Gasteiger partial charge in [-0.2, -0.15) is 26.3 Å². The fourth-order valence-corrected chi connectivity index (χ4v) is 8.12. The molecule has 0 bridgehead atoms. The number of ether oxygens (including phenoxy) is 2. The number of esters is 1. The quantitative estimate of drug-likeness (QED) is 0.0881. The molecule has 6 rings (SSSR count). The third kappa shape index (κ3) is 9.23. The van der Waals surface area contributed by atoms with Gasteiger partial charge in [0.05, 0.1) is 27.4 Å². The first-order valence-electron chi connectivity index (χ1n) is 18.5. The van der Waals surface area contributed by atoms with Crippen molar-refractivity contribution < 1.29 is 72.5 Å². The number of aliphatic carboxylic acids is 1. The van der Waals surface area contributed by atoms with Crippen LogP contribution in [-0.4, -0.2) is 86.2 Å². The molecule has 2 N–H and O–H groups in total. The molecule has 332 valence electrons. The Hall–Kier alpha value is -5.70. The third-order valence-electron chi connectivity index (χ3n) is 9.77. The molecule has 0 aliphatic rings. The molecule has 0 aliphatic heterocycles. The third-order valence-corrected chi connectivity index (χ3v) is 12.0. The summed E-state index contributed by atoms with van der Waals surface area (Å²) in [7, 11) is -7.30. The minimum absolute atomic E-state index is 0.0588. The summed E-state index contributed by atoms with van der Waals surface area (Å²) in [4.78, 5) is 24.0. The summed E-state index contributed by atoms with van der Waals surface area (Å²) in [5.74, 6) is -4.05. The Kier molecular flexibility index (Phi) is 13.4. The number of rotatable bonds is 13. The average Bonchev–Trinajstić information content (AvgIpc) is 3.73. The Morgan fingerprint density at radius 3 is 1.40 bits per heavy atom. The smallest absolute Gasteiger partial charge is 0.432 e. The van der Waals surface area contributed by atoms with Crippen molar-refractivity contribution in [3.63, 3.8) is 0 Å². The molecular weight excluding hydrogens is 871 g/mol. The lowest BCUT2D eigenvalue weighted by Crippen LogP contribution is -2.51. The summed E-state index contributed by atoms with van der Waals surface area (Å²) in [6.45, 7) is 1.92. The minimum atomic E-state index is -5.37. The Morgan fingerprint density at radius 1 is 0.629 bits per heavy atom. The summed E-state index contributed by atoms with van der Waals surface area (Å²) in [6, 6.07) is 24.6. The number of carbonyl (C=O) groups excluding carboxylic acids is 1. The van der Waals surface area contributed by atoms with Crippen LogP contribution in [0.5, 0.6) is 0 Å². The van der Waals surface area contributed by atoms with E-state index in [1.807, 2.05) is 0 Å². The molecule has 0 saturated heterocycles. The van der Waals surface area contributed by atoms with Crippen LogP contribution in [0.1, 0.15) is 36.1 Å². The molecule has 2 unspecified atom stereocenters. The number of hydrogen-bond donors (Lipinski definition) is 2. The van der Waals surface area contributed by atoms with Gasteiger partial charge in [0.25, 0.3) is 11.2 Å². The van der Waals surface area contributed by atoms with Crippen molar-refractivity contribution >= 4 is 53.4 Å². The second-order valence-corrected chi connectivity index (χ2v) is 18.1. The second-order valence-electron chi connectivity index (χ2n) is 14.1. The van der Waals surface area contributed by atoms with Crippen molar-refractivity contribution in [2.24, 2.45) is 0 Å². The van der Waals surface area contributed by atoms with Crippen LogP contribution in [0.15, 0.2) is 119 Å². The molecule has 0 radical (unpaired) electrons. The van der Waals surface area contributed by atoms with Gasteiger partial charge in [0, 0.05) is 66.5 Å². The summed E-state index contributed by atoms with van der Waals surface area (Å²) in [6.07, 6.45) is -6.60. The summed E-state index contributed by atoms with van der Waals surface area (Å²) >= 11 is 0. The second kappa shape index (κ2) is 17.6. The average molecular weight is 911 g/mol. The van der Waals surface area contributed by atoms with Gasteiger partial charge in [-0.3, -0.25) is 0 Å². The Balaban J connectivity index is 0.000000234. The van der Waals surface area contributed by atoms with Crippen LogP contribution in [0.4, 0.5) is 26.3 Å². The molecule has 20 heteroatoms. The highest BCUT2D eigenvalue weighted by molar-refractivity contribution is 7.91. The molecular formula is C42H40F6N2O10S2. The number of carboxylic acid groups (broad SMARTS) is 1. The van der Waals surface area contributed by atoms with Crippen molar-refractivity contribution in [2.45, 2.75) is 60.3 Å². The number of nitrogens with zero attached hydrogens (tertiary/aromatic N) is 2. The van der Waals surface area contributed by atoms with Gasteiger partial charge in [-0.15, -0.1) is 0 Å². The first-order valence-corrected chi connectivity index (χ1v) is 22.2. The molecule has 0 amide bonds. The maximum absolute atomic E-state index is 14.1. The van der Waals surface area contributed by atoms with Crippen LogP contribution in [-0.2, 0) is 63.0 Å². The number of aromatic nitrogens is 2. The zero-order valence-electron chi connectivity index (χ0n) is 33.4. The predicted octanol–water partition coefficient (Wildman–Crippen LogP) is 7.38. The molecule has 2 heterocycles. The first kappa shape index (κ1) is 47.4. The highest BCUT2D eigenvalue weighted by Crippen LogP contribution is 2.47. The standard InChI is InChI=1S/2C21H20F3NO5S/c1-3-30-19(26)20(27,21(22,23)24)17-13-25(12-14-7-5-4-6-8-14)18-11-15(31(2,28)29)9-10-16(17)18;1-3-30-20(19(26)27,21(22,23)24)17-13-25(12-14-7-5-4-6-8-14)18-11-15(31(2,28)29)9-10-16(17)18/h4-11,13,27H,3,12H2,1-2H3;4-11,13H,3,12H2,1-2H3,(H,26,27). The van der Waals surface area contributed by atoms with Crippen LogP contribution < -0.4 is 0 Å². The van der Waals surface area contributed by atoms with Gasteiger partial charge in [0.1, 0.15) is 0 Å². The van der Waals surface area contributed by atoms with E-state index in [0.717, 1.165) is 54.2 Å². The highest BCUT2D eigenvalue weighted by Gasteiger charge is 2.65. The number of hydrogen-bond acceptors (Lipinski definition) is 9. The first-order chi connectivity index (χ1) is 28.8. The van der Waals surface area contributed by atoms with E-state index in [2.05, 4.69) is 4.74 Å². The largest absolute Gasteiger partial charge is 0.479 e. The number of carbonyl (C=O) groups is 2. The number of aliphatic hydroxyl groups is 1. The molecule has 62 heavy (non-hydrogen) atoms. The van der Waals surface area contributed by atoms with Gasteiger partial charge in [0.15, 0.2) is 19.7 Å². The molecule has 6 aromatic rings. The SMILES string of the molecule is CCOC(=O)C(O)(c1cn(Cc2ccccc2)c2cc(S(C)(=O)=O)ccc12)C(F)(F)F.CCOC(C(=O)O)(c1cn(Cc2ccccc2)c2cc(S(C)(=O)=O)ccc12)C(F)(F)F. The van der Waals surface area contributed by atoms with E-state index >= 15 is 0 Å². The number of fused-ring (bicyclic) bond motifs is 2. The van der Waals surface area contributed by atoms with Crippen LogP contribution >= 0.6 is 0 Å². The van der Waals surface area contributed by atoms with Gasteiger partial charge < -0.3 is 28.8 Å². The highest BCUT2D eigenvalue weighted by atomic mass is 32.2. The van der Waals surface area contributed by atoms with Gasteiger partial charge >= 0.3 is 24.3 Å². The molecule has 0 fully saturated rings. The van der Waals surface area contributed by atoms with Gasteiger partial charge in [-0.05, 0) is 49.2 Å². The molecule has 2 atom stereocenters. The monoisotopic (exact) mass is 910 g/mol. The number of benzene rings is 4. The lowest BCUT2D eigenvalue weighted by atomic mass is 9.92. The van der Waals surface area contributed by atoms with Gasteiger partial charge in [0.2, 0.25) is 0 Å². The normalized spacial score (nSPS) is 14.4. The lowest BCUT2D eigenvalue weighted by molar-refractivity contribution is -0.279. The van der Waals surface area contributed by atoms with E-state index in [1.165, 1.54) is 41.2 Å². The van der Waals surface area contributed by atoms with Crippen molar-refractivity contribution in [3.8, 4) is 0 Å². The van der Waals surface area contributed by atoms with E-state index in [4.69, 9.17) is 4.74 Å². The van der Waals surface area contributed by atoms with E-state index in [0.29, 0.717) is 0 Å². The maximum atomic E-state index is 14.1. The fourth-order valence-electron chi connectivity index (χ4n) is 6.84. The van der Waals surface area contributed by atoms with Crippen LogP contribution in [0.3, 0.4) is 0 Å². The van der Waals surface area contributed by atoms with E-state index in [-0.39, 0.29) is 51.3 Å². The topological polar surface area (TPSA) is 171 Å². The number of sulfone groups is 2. The molecule has 0 aliphatic carbocycles. The van der Waals surface area contributed by atoms with Crippen LogP contribution in [0, 0.1) is 0 Å². The maximum Gasteiger partial charge on any atom is 0.432 e. The fraction of sp³-hybridized carbons (Fsp3) is 0.286. The van der Waals surface area contributed by atoms with Gasteiger partial charge in [-0.25, -0.2) is 26.4 Å². The zero-order valence-corrected chi connectivity index (χ0v) is 35.0.